The van der Waals surface area contributed by atoms with Gasteiger partial charge in [0.05, 0.1) is 11.6 Å². The average molecular weight is 551 g/mol. The first-order valence-electron chi connectivity index (χ1n) is 13.3. The highest BCUT2D eigenvalue weighted by Crippen LogP contribution is 2.36. The number of likely N-dealkylation sites (tertiary alicyclic amines) is 1. The van der Waals surface area contributed by atoms with E-state index in [0.29, 0.717) is 35.9 Å². The smallest absolute Gasteiger partial charge is 0.254 e. The minimum Gasteiger partial charge on any atom is -0.419 e. The van der Waals surface area contributed by atoms with Crippen LogP contribution in [0.25, 0.3) is 22.6 Å². The van der Waals surface area contributed by atoms with E-state index in [-0.39, 0.29) is 11.9 Å². The number of hydrogen-bond acceptors (Lipinski definition) is 8. The highest BCUT2D eigenvalue weighted by atomic mass is 32.1. The van der Waals surface area contributed by atoms with Gasteiger partial charge in [0.1, 0.15) is 5.01 Å². The molecule has 2 aromatic carbocycles. The van der Waals surface area contributed by atoms with Crippen molar-refractivity contribution in [2.75, 3.05) is 6.54 Å². The van der Waals surface area contributed by atoms with Gasteiger partial charge in [-0.3, -0.25) is 9.78 Å². The summed E-state index contributed by atoms with van der Waals surface area (Å²) in [5.74, 6) is 0.604. The van der Waals surface area contributed by atoms with Crippen LogP contribution in [-0.2, 0) is 12.0 Å². The maximum atomic E-state index is 14.0. The fourth-order valence-electron chi connectivity index (χ4n) is 5.20. The second kappa shape index (κ2) is 10.7. The molecule has 202 valence electrons. The zero-order valence-corrected chi connectivity index (χ0v) is 23.3. The van der Waals surface area contributed by atoms with E-state index in [0.717, 1.165) is 40.2 Å². The lowest BCUT2D eigenvalue weighted by molar-refractivity contribution is 0.0735. The van der Waals surface area contributed by atoms with E-state index >= 15 is 0 Å². The molecule has 0 bridgehead atoms. The van der Waals surface area contributed by atoms with Crippen molar-refractivity contribution >= 4 is 17.2 Å². The Balaban J connectivity index is 1.36. The first-order chi connectivity index (χ1) is 19.4. The van der Waals surface area contributed by atoms with E-state index in [2.05, 4.69) is 20.2 Å². The van der Waals surface area contributed by atoms with Crippen LogP contribution in [-0.4, -0.2) is 37.5 Å². The highest BCUT2D eigenvalue weighted by Gasteiger charge is 2.33. The summed E-state index contributed by atoms with van der Waals surface area (Å²) >= 11 is 1.61. The van der Waals surface area contributed by atoms with Crippen LogP contribution >= 0.6 is 11.3 Å². The molecule has 2 N–H and O–H groups in total. The largest absolute Gasteiger partial charge is 0.419 e. The van der Waals surface area contributed by atoms with Crippen LogP contribution in [0.4, 0.5) is 0 Å². The number of nitrogens with two attached hydrogens (primary N) is 1. The zero-order chi connectivity index (χ0) is 27.7. The number of aromatic nitrogens is 4. The molecule has 4 heterocycles. The van der Waals surface area contributed by atoms with Crippen LogP contribution in [0.2, 0.25) is 0 Å². The van der Waals surface area contributed by atoms with Gasteiger partial charge in [0, 0.05) is 46.7 Å². The number of aryl methyl sites for hydroxylation is 1. The van der Waals surface area contributed by atoms with Crippen molar-refractivity contribution in [3.63, 3.8) is 0 Å². The molecule has 0 saturated carbocycles. The predicted octanol–water partition coefficient (Wildman–Crippen LogP) is 5.96. The summed E-state index contributed by atoms with van der Waals surface area (Å²) in [7, 11) is 0. The molecular formula is C31H30N6O2S. The lowest BCUT2D eigenvalue weighted by Gasteiger charge is -2.23. The van der Waals surface area contributed by atoms with Gasteiger partial charge < -0.3 is 15.1 Å². The van der Waals surface area contributed by atoms with Gasteiger partial charge in [0.15, 0.2) is 0 Å². The summed E-state index contributed by atoms with van der Waals surface area (Å²) in [4.78, 5) is 24.9. The summed E-state index contributed by atoms with van der Waals surface area (Å²) in [5, 5.41) is 11.7. The van der Waals surface area contributed by atoms with E-state index in [1.165, 1.54) is 0 Å². The second-order valence-electron chi connectivity index (χ2n) is 10.5. The average Bonchev–Trinajstić information content (AvgIpc) is 3.74. The molecule has 0 unspecified atom stereocenters. The van der Waals surface area contributed by atoms with E-state index < -0.39 is 5.54 Å². The lowest BCUT2D eigenvalue weighted by Crippen LogP contribution is -2.35. The van der Waals surface area contributed by atoms with Crippen LogP contribution < -0.4 is 5.73 Å². The molecule has 40 heavy (non-hydrogen) atoms. The van der Waals surface area contributed by atoms with Crippen molar-refractivity contribution in [3.8, 4) is 22.6 Å². The summed E-state index contributed by atoms with van der Waals surface area (Å²) < 4.78 is 6.15. The normalized spacial score (nSPS) is 16.7. The molecular weight excluding hydrogens is 520 g/mol. The Bertz CT molecular complexity index is 1630. The molecule has 9 heteroatoms. The molecule has 8 nitrogen and oxygen atoms in total. The quantitative estimate of drug-likeness (QED) is 0.266. The van der Waals surface area contributed by atoms with Crippen molar-refractivity contribution in [3.05, 3.63) is 106 Å². The van der Waals surface area contributed by atoms with E-state index in [4.69, 9.17) is 10.2 Å². The number of carbonyl (C=O) groups is 1. The van der Waals surface area contributed by atoms with Gasteiger partial charge in [-0.2, -0.15) is 0 Å². The van der Waals surface area contributed by atoms with Crippen LogP contribution in [0, 0.1) is 6.92 Å². The van der Waals surface area contributed by atoms with Crippen LogP contribution in [0.3, 0.4) is 0 Å². The Morgan fingerprint density at radius 1 is 1.10 bits per heavy atom. The summed E-state index contributed by atoms with van der Waals surface area (Å²) in [6.45, 7) is 4.55. The number of carbonyl (C=O) groups excluding carboxylic acids is 1. The van der Waals surface area contributed by atoms with Gasteiger partial charge in [-0.15, -0.1) is 21.5 Å². The van der Waals surface area contributed by atoms with Crippen LogP contribution in [0.5, 0.6) is 0 Å². The van der Waals surface area contributed by atoms with Crippen molar-refractivity contribution < 1.29 is 9.21 Å². The number of amides is 1. The second-order valence-corrected chi connectivity index (χ2v) is 11.4. The fourth-order valence-corrected chi connectivity index (χ4v) is 6.14. The lowest BCUT2D eigenvalue weighted by atomic mass is 9.94. The molecule has 0 spiro atoms. The molecule has 0 aliphatic carbocycles. The first-order valence-corrected chi connectivity index (χ1v) is 14.2. The Morgan fingerprint density at radius 3 is 2.67 bits per heavy atom. The third-order valence-electron chi connectivity index (χ3n) is 7.19. The molecule has 1 saturated heterocycles. The Kier molecular flexibility index (Phi) is 7.00. The number of thiazole rings is 1. The van der Waals surface area contributed by atoms with E-state index in [1.807, 2.05) is 84.8 Å². The zero-order valence-electron chi connectivity index (χ0n) is 22.4. The molecule has 1 aliphatic heterocycles. The fraction of sp³-hybridized carbons (Fsp3) is 0.258. The van der Waals surface area contributed by atoms with E-state index in [1.54, 1.807) is 23.7 Å². The van der Waals surface area contributed by atoms with Crippen molar-refractivity contribution in [1.82, 2.24) is 25.1 Å². The van der Waals surface area contributed by atoms with Gasteiger partial charge >= 0.3 is 0 Å². The maximum absolute atomic E-state index is 14.0. The molecule has 5 aromatic rings. The molecule has 1 amide bonds. The molecule has 6 rings (SSSR count). The molecule has 0 radical (unpaired) electrons. The van der Waals surface area contributed by atoms with Crippen LogP contribution in [0.15, 0.2) is 82.9 Å². The Morgan fingerprint density at radius 2 is 1.93 bits per heavy atom. The molecule has 1 aliphatic rings. The molecule has 3 aromatic heterocycles. The first kappa shape index (κ1) is 26.0. The molecule has 2 atom stereocenters. The number of rotatable bonds is 7. The van der Waals surface area contributed by atoms with Gasteiger partial charge in [-0.1, -0.05) is 36.4 Å². The van der Waals surface area contributed by atoms with Gasteiger partial charge in [0.2, 0.25) is 11.8 Å². The SMILES string of the molecule is Cc1csc([C@H]2CCCN2C(=O)c2cc(-c3cccnc3)cc(-c3nnc([C@](C)(N)Cc4ccccc4)o3)c2)n1. The Labute approximate surface area is 236 Å². The third-order valence-corrected chi connectivity index (χ3v) is 8.25. The topological polar surface area (TPSA) is 111 Å². The number of nitrogens with zero attached hydrogens (tertiary/aromatic N) is 5. The summed E-state index contributed by atoms with van der Waals surface area (Å²) in [5.41, 5.74) is 10.8. The minimum absolute atomic E-state index is 0.0253. The summed E-state index contributed by atoms with van der Waals surface area (Å²) in [6, 6.07) is 19.5. The number of pyridine rings is 1. The van der Waals surface area contributed by atoms with E-state index in [9.17, 15) is 4.79 Å². The maximum Gasteiger partial charge on any atom is 0.254 e. The minimum atomic E-state index is -0.860. The predicted molar refractivity (Wildman–Crippen MR) is 155 cm³/mol. The Hall–Kier alpha value is -4.21. The van der Waals surface area contributed by atoms with Crippen molar-refractivity contribution in [2.24, 2.45) is 5.73 Å². The van der Waals surface area contributed by atoms with Crippen molar-refractivity contribution in [2.45, 2.75) is 44.7 Å². The standard InChI is InChI=1S/C31H30N6O2S/c1-20-19-40-28(34-20)26-11-7-13-37(26)29(38)25-15-23(22-10-6-12-33-18-22)14-24(16-25)27-35-36-30(39-27)31(2,32)17-21-8-4-3-5-9-21/h3-6,8-10,12,14-16,18-19,26H,7,11,13,17,32H2,1-2H3/t26-,31-/m1/s1. The van der Waals surface area contributed by atoms with Crippen LogP contribution in [0.1, 0.15) is 58.3 Å². The summed E-state index contributed by atoms with van der Waals surface area (Å²) in [6.07, 6.45) is 5.89. The highest BCUT2D eigenvalue weighted by molar-refractivity contribution is 7.09. The monoisotopic (exact) mass is 550 g/mol. The van der Waals surface area contributed by atoms with Gasteiger partial charge in [0.25, 0.3) is 5.91 Å². The number of benzene rings is 2. The number of hydrogen-bond donors (Lipinski definition) is 1. The van der Waals surface area contributed by atoms with Gasteiger partial charge in [-0.25, -0.2) is 4.98 Å². The van der Waals surface area contributed by atoms with Crippen molar-refractivity contribution in [1.29, 1.82) is 0 Å². The molecule has 1 fully saturated rings. The third kappa shape index (κ3) is 5.30. The van der Waals surface area contributed by atoms with Gasteiger partial charge in [-0.05, 0) is 68.5 Å².